The molecule has 0 aliphatic rings. The van der Waals surface area contributed by atoms with Crippen LogP contribution in [0.4, 0.5) is 0 Å². The first-order chi connectivity index (χ1) is 10.6. The molecule has 0 fully saturated rings. The fourth-order valence-electron chi connectivity index (χ4n) is 2.87. The fourth-order valence-corrected chi connectivity index (χ4v) is 2.87. The van der Waals surface area contributed by atoms with Crippen LogP contribution < -0.4 is 10.6 Å². The zero-order valence-corrected chi connectivity index (χ0v) is 15.0. The molecule has 0 spiro atoms. The van der Waals surface area contributed by atoms with Crippen molar-refractivity contribution >= 4 is 11.8 Å². The molecule has 0 bridgehead atoms. The summed E-state index contributed by atoms with van der Waals surface area (Å²) in [5.41, 5.74) is 0. The van der Waals surface area contributed by atoms with Gasteiger partial charge >= 0.3 is 0 Å². The number of rotatable bonds is 13. The van der Waals surface area contributed by atoms with Gasteiger partial charge in [0, 0.05) is 24.9 Å². The largest absolute Gasteiger partial charge is 0.354 e. The van der Waals surface area contributed by atoms with Crippen molar-refractivity contribution in [2.45, 2.75) is 79.1 Å². The minimum Gasteiger partial charge on any atom is -0.354 e. The van der Waals surface area contributed by atoms with Gasteiger partial charge in [-0.1, -0.05) is 53.4 Å². The zero-order valence-electron chi connectivity index (χ0n) is 15.0. The molecule has 0 aromatic rings. The second kappa shape index (κ2) is 13.6. The number of carbonyl (C=O) groups is 2. The Labute approximate surface area is 136 Å². The average molecular weight is 312 g/mol. The fraction of sp³-hybridized carbons (Fsp3) is 0.889. The van der Waals surface area contributed by atoms with Crippen LogP contribution in [0.2, 0.25) is 0 Å². The van der Waals surface area contributed by atoms with Crippen molar-refractivity contribution < 1.29 is 9.59 Å². The van der Waals surface area contributed by atoms with E-state index in [0.29, 0.717) is 13.1 Å². The van der Waals surface area contributed by atoms with E-state index in [9.17, 15) is 9.59 Å². The third-order valence-corrected chi connectivity index (χ3v) is 4.01. The maximum Gasteiger partial charge on any atom is 0.223 e. The first kappa shape index (κ1) is 20.9. The molecular weight excluding hydrogens is 276 g/mol. The second-order valence-electron chi connectivity index (χ2n) is 6.13. The van der Waals surface area contributed by atoms with Gasteiger partial charge in [0.25, 0.3) is 0 Å². The zero-order chi connectivity index (χ0) is 16.8. The molecule has 0 heterocycles. The van der Waals surface area contributed by atoms with E-state index >= 15 is 0 Å². The Kier molecular flexibility index (Phi) is 12.9. The van der Waals surface area contributed by atoms with E-state index in [-0.39, 0.29) is 23.7 Å². The van der Waals surface area contributed by atoms with E-state index in [4.69, 9.17) is 0 Å². The highest BCUT2D eigenvalue weighted by Crippen LogP contribution is 2.14. The average Bonchev–Trinajstić information content (AvgIpc) is 2.50. The van der Waals surface area contributed by atoms with Gasteiger partial charge in [0.2, 0.25) is 11.8 Å². The summed E-state index contributed by atoms with van der Waals surface area (Å²) in [6, 6.07) is 0. The van der Waals surface area contributed by atoms with Crippen LogP contribution in [0.15, 0.2) is 0 Å². The number of nitrogens with one attached hydrogen (secondary N) is 2. The predicted molar refractivity (Wildman–Crippen MR) is 92.6 cm³/mol. The van der Waals surface area contributed by atoms with Crippen LogP contribution in [-0.4, -0.2) is 24.9 Å². The van der Waals surface area contributed by atoms with E-state index in [1.54, 1.807) is 0 Å². The number of carbonyl (C=O) groups excluding carboxylic acids is 2. The lowest BCUT2D eigenvalue weighted by atomic mass is 9.97. The summed E-state index contributed by atoms with van der Waals surface area (Å²) >= 11 is 0. The molecule has 0 aliphatic heterocycles. The highest BCUT2D eigenvalue weighted by Gasteiger charge is 2.17. The van der Waals surface area contributed by atoms with Crippen molar-refractivity contribution in [2.24, 2.45) is 11.8 Å². The molecule has 0 saturated carbocycles. The smallest absolute Gasteiger partial charge is 0.223 e. The highest BCUT2D eigenvalue weighted by molar-refractivity contribution is 5.79. The Hall–Kier alpha value is -1.06. The Morgan fingerprint density at radius 1 is 0.636 bits per heavy atom. The summed E-state index contributed by atoms with van der Waals surface area (Å²) in [4.78, 5) is 24.2. The van der Waals surface area contributed by atoms with E-state index in [2.05, 4.69) is 38.3 Å². The van der Waals surface area contributed by atoms with Crippen molar-refractivity contribution in [3.63, 3.8) is 0 Å². The third kappa shape index (κ3) is 9.06. The van der Waals surface area contributed by atoms with Crippen molar-refractivity contribution in [1.82, 2.24) is 10.6 Å². The maximum absolute atomic E-state index is 12.1. The normalized spacial score (nSPS) is 11.0. The van der Waals surface area contributed by atoms with Crippen molar-refractivity contribution in [2.75, 3.05) is 13.1 Å². The third-order valence-electron chi connectivity index (χ3n) is 4.01. The van der Waals surface area contributed by atoms with Crippen LogP contribution in [0.1, 0.15) is 79.1 Å². The summed E-state index contributed by atoms with van der Waals surface area (Å²) < 4.78 is 0. The van der Waals surface area contributed by atoms with Crippen LogP contribution in [0.5, 0.6) is 0 Å². The van der Waals surface area contributed by atoms with Crippen LogP contribution in [-0.2, 0) is 9.59 Å². The summed E-state index contributed by atoms with van der Waals surface area (Å²) in [7, 11) is 0. The number of hydrogen-bond acceptors (Lipinski definition) is 2. The van der Waals surface area contributed by atoms with Gasteiger partial charge < -0.3 is 10.6 Å². The molecule has 0 radical (unpaired) electrons. The van der Waals surface area contributed by atoms with Crippen molar-refractivity contribution in [3.05, 3.63) is 0 Å². The Balaban J connectivity index is 4.03. The molecule has 0 unspecified atom stereocenters. The summed E-state index contributed by atoms with van der Waals surface area (Å²) in [5.74, 6) is 0.519. The topological polar surface area (TPSA) is 58.2 Å². The van der Waals surface area contributed by atoms with Crippen molar-refractivity contribution in [1.29, 1.82) is 0 Å². The minimum absolute atomic E-state index is 0.124. The van der Waals surface area contributed by atoms with Crippen LogP contribution in [0.3, 0.4) is 0 Å². The Morgan fingerprint density at radius 2 is 0.909 bits per heavy atom. The predicted octanol–water partition coefficient (Wildman–Crippen LogP) is 3.65. The van der Waals surface area contributed by atoms with Gasteiger partial charge in [-0.05, 0) is 25.7 Å². The molecule has 0 aromatic carbocycles. The van der Waals surface area contributed by atoms with Crippen LogP contribution >= 0.6 is 0 Å². The van der Waals surface area contributed by atoms with Gasteiger partial charge in [-0.25, -0.2) is 0 Å². The first-order valence-corrected chi connectivity index (χ1v) is 9.15. The number of amides is 2. The van der Waals surface area contributed by atoms with Gasteiger partial charge in [0.15, 0.2) is 0 Å². The van der Waals surface area contributed by atoms with E-state index in [1.165, 1.54) is 0 Å². The van der Waals surface area contributed by atoms with Gasteiger partial charge in [0.05, 0.1) is 0 Å². The first-order valence-electron chi connectivity index (χ1n) is 9.15. The number of hydrogen-bond donors (Lipinski definition) is 2. The lowest BCUT2D eigenvalue weighted by Crippen LogP contribution is -2.39. The molecule has 2 N–H and O–H groups in total. The lowest BCUT2D eigenvalue weighted by molar-refractivity contribution is -0.127. The van der Waals surface area contributed by atoms with Crippen molar-refractivity contribution in [3.8, 4) is 0 Å². The van der Waals surface area contributed by atoms with Crippen LogP contribution in [0.25, 0.3) is 0 Å². The molecule has 0 aliphatic carbocycles. The molecule has 22 heavy (non-hydrogen) atoms. The van der Waals surface area contributed by atoms with Gasteiger partial charge in [0.1, 0.15) is 0 Å². The summed E-state index contributed by atoms with van der Waals surface area (Å²) in [6.07, 6.45) is 7.91. The monoisotopic (exact) mass is 312 g/mol. The second-order valence-corrected chi connectivity index (χ2v) is 6.13. The van der Waals surface area contributed by atoms with E-state index in [0.717, 1.165) is 51.4 Å². The lowest BCUT2D eigenvalue weighted by Gasteiger charge is -2.17. The summed E-state index contributed by atoms with van der Waals surface area (Å²) in [6.45, 7) is 9.49. The minimum atomic E-state index is 0.124. The van der Waals surface area contributed by atoms with Crippen LogP contribution in [0, 0.1) is 11.8 Å². The SMILES string of the molecule is CCCC(CCC)C(=O)NCCNC(=O)C(CCC)CCC. The molecule has 0 saturated heterocycles. The Morgan fingerprint density at radius 3 is 1.14 bits per heavy atom. The molecule has 2 amide bonds. The van der Waals surface area contributed by atoms with E-state index in [1.807, 2.05) is 0 Å². The Bertz CT molecular complexity index is 263. The molecule has 0 atom stereocenters. The molecule has 130 valence electrons. The van der Waals surface area contributed by atoms with Gasteiger partial charge in [-0.15, -0.1) is 0 Å². The standard InChI is InChI=1S/C18H36N2O2/c1-5-9-15(10-6-2)17(21)19-13-14-20-18(22)16(11-7-3)12-8-4/h15-16H,5-14H2,1-4H3,(H,19,21)(H,20,22). The highest BCUT2D eigenvalue weighted by atomic mass is 16.2. The molecule has 0 rings (SSSR count). The van der Waals surface area contributed by atoms with E-state index < -0.39 is 0 Å². The van der Waals surface area contributed by atoms with Gasteiger partial charge in [-0.3, -0.25) is 9.59 Å². The molecule has 4 nitrogen and oxygen atoms in total. The molecule has 0 aromatic heterocycles. The molecular formula is C18H36N2O2. The quantitative estimate of drug-likeness (QED) is 0.510. The van der Waals surface area contributed by atoms with Gasteiger partial charge in [-0.2, -0.15) is 0 Å². The maximum atomic E-state index is 12.1. The molecule has 4 heteroatoms. The summed E-state index contributed by atoms with van der Waals surface area (Å²) in [5, 5.41) is 5.91.